The minimum absolute atomic E-state index is 0.634. The average molecular weight is 447 g/mol. The number of nitrogens with one attached hydrogen (secondary N) is 1. The fraction of sp³-hybridized carbons (Fsp3) is 0.120. The number of hydrazone groups is 1. The van der Waals surface area contributed by atoms with Gasteiger partial charge in [-0.1, -0.05) is 35.9 Å². The van der Waals surface area contributed by atoms with Gasteiger partial charge >= 0.3 is 0 Å². The summed E-state index contributed by atoms with van der Waals surface area (Å²) in [4.78, 5) is 0. The van der Waals surface area contributed by atoms with E-state index in [9.17, 15) is 0 Å². The molecule has 0 aliphatic carbocycles. The van der Waals surface area contributed by atoms with Crippen molar-refractivity contribution in [1.29, 1.82) is 0 Å². The van der Waals surface area contributed by atoms with Gasteiger partial charge in [0, 0.05) is 22.3 Å². The minimum Gasteiger partial charge on any atom is -0.493 e. The molecule has 0 radical (unpaired) electrons. The monoisotopic (exact) mass is 446 g/mol. The van der Waals surface area contributed by atoms with Crippen LogP contribution in [0.15, 0.2) is 78.0 Å². The number of para-hydroxylation sites is 1. The van der Waals surface area contributed by atoms with Crippen LogP contribution >= 0.6 is 11.6 Å². The van der Waals surface area contributed by atoms with Gasteiger partial charge in [0.1, 0.15) is 5.69 Å². The van der Waals surface area contributed by atoms with Gasteiger partial charge in [0.25, 0.3) is 0 Å². The van der Waals surface area contributed by atoms with Crippen LogP contribution < -0.4 is 14.9 Å². The van der Waals surface area contributed by atoms with Crippen molar-refractivity contribution in [1.82, 2.24) is 9.78 Å². The number of methoxy groups -OCH3 is 2. The molecule has 1 N–H and O–H groups in total. The van der Waals surface area contributed by atoms with Gasteiger partial charge in [0.05, 0.1) is 31.8 Å². The zero-order chi connectivity index (χ0) is 22.5. The quantitative estimate of drug-likeness (QED) is 0.281. The lowest BCUT2D eigenvalue weighted by Crippen LogP contribution is -1.95. The second kappa shape index (κ2) is 9.58. The van der Waals surface area contributed by atoms with Crippen molar-refractivity contribution >= 4 is 23.5 Å². The summed E-state index contributed by atoms with van der Waals surface area (Å²) < 4.78 is 12.7. The van der Waals surface area contributed by atoms with Gasteiger partial charge < -0.3 is 9.47 Å². The first-order valence-electron chi connectivity index (χ1n) is 10.0. The smallest absolute Gasteiger partial charge is 0.161 e. The summed E-state index contributed by atoms with van der Waals surface area (Å²) in [5.41, 5.74) is 8.30. The number of benzene rings is 3. The van der Waals surface area contributed by atoms with Crippen LogP contribution in [0.1, 0.15) is 11.1 Å². The molecule has 3 aromatic carbocycles. The maximum absolute atomic E-state index is 6.21. The predicted molar refractivity (Wildman–Crippen MR) is 130 cm³/mol. The molecule has 162 valence electrons. The SMILES string of the molecule is COc1ccc(-c2nn(-c3ccccc3)cc2C=NNc2ccc(C)c(Cl)c2)cc1OC. The summed E-state index contributed by atoms with van der Waals surface area (Å²) in [5, 5.41) is 9.91. The predicted octanol–water partition coefficient (Wildman–Crippen LogP) is 5.96. The van der Waals surface area contributed by atoms with Crippen molar-refractivity contribution in [3.63, 3.8) is 0 Å². The summed E-state index contributed by atoms with van der Waals surface area (Å²) in [6.45, 7) is 1.96. The number of aromatic nitrogens is 2. The Hall–Kier alpha value is -3.77. The Bertz CT molecular complexity index is 1250. The van der Waals surface area contributed by atoms with E-state index in [1.165, 1.54) is 0 Å². The molecule has 32 heavy (non-hydrogen) atoms. The van der Waals surface area contributed by atoms with Crippen LogP contribution in [-0.4, -0.2) is 30.2 Å². The maximum Gasteiger partial charge on any atom is 0.161 e. The molecule has 0 amide bonds. The molecule has 0 aliphatic heterocycles. The van der Waals surface area contributed by atoms with Crippen LogP contribution in [0.2, 0.25) is 5.02 Å². The van der Waals surface area contributed by atoms with Crippen LogP contribution in [0.5, 0.6) is 11.5 Å². The third-order valence-corrected chi connectivity index (χ3v) is 5.40. The van der Waals surface area contributed by atoms with E-state index >= 15 is 0 Å². The third kappa shape index (κ3) is 4.60. The number of anilines is 1. The molecule has 0 unspecified atom stereocenters. The summed E-state index contributed by atoms with van der Waals surface area (Å²) in [5.74, 6) is 1.29. The van der Waals surface area contributed by atoms with Gasteiger partial charge in [-0.3, -0.25) is 5.43 Å². The van der Waals surface area contributed by atoms with Crippen molar-refractivity contribution in [3.8, 4) is 28.4 Å². The molecule has 7 heteroatoms. The molecular weight excluding hydrogens is 424 g/mol. The maximum atomic E-state index is 6.21. The zero-order valence-electron chi connectivity index (χ0n) is 18.0. The molecule has 4 rings (SSSR count). The highest BCUT2D eigenvalue weighted by Crippen LogP contribution is 2.33. The highest BCUT2D eigenvalue weighted by atomic mass is 35.5. The van der Waals surface area contributed by atoms with Crippen molar-refractivity contribution in [2.24, 2.45) is 5.10 Å². The standard InChI is InChI=1S/C25H23ClN4O2/c1-17-9-11-20(14-22(17)26)28-27-15-19-16-30(21-7-5-4-6-8-21)29-25(19)18-10-12-23(31-2)24(13-18)32-3/h4-16,28H,1-3H3. The van der Waals surface area contributed by atoms with Crippen molar-refractivity contribution in [2.45, 2.75) is 6.92 Å². The van der Waals surface area contributed by atoms with Crippen LogP contribution in [0.3, 0.4) is 0 Å². The Morgan fingerprint density at radius 2 is 1.75 bits per heavy atom. The Balaban J connectivity index is 1.71. The number of aryl methyl sites for hydroxylation is 1. The fourth-order valence-electron chi connectivity index (χ4n) is 3.24. The normalized spacial score (nSPS) is 11.0. The Labute approximate surface area is 192 Å². The molecular formula is C25H23ClN4O2. The first kappa shape index (κ1) is 21.5. The van der Waals surface area contributed by atoms with Gasteiger partial charge in [-0.2, -0.15) is 10.2 Å². The summed E-state index contributed by atoms with van der Waals surface area (Å²) >= 11 is 6.21. The number of hydrogen-bond acceptors (Lipinski definition) is 5. The molecule has 0 spiro atoms. The third-order valence-electron chi connectivity index (χ3n) is 4.99. The Kier molecular flexibility index (Phi) is 6.42. The largest absolute Gasteiger partial charge is 0.493 e. The number of rotatable bonds is 7. The molecule has 0 atom stereocenters. The minimum atomic E-state index is 0.634. The van der Waals surface area contributed by atoms with E-state index < -0.39 is 0 Å². The van der Waals surface area contributed by atoms with E-state index in [0.717, 1.165) is 33.8 Å². The molecule has 1 aromatic heterocycles. The van der Waals surface area contributed by atoms with Crippen molar-refractivity contribution in [2.75, 3.05) is 19.6 Å². The van der Waals surface area contributed by atoms with E-state index in [1.807, 2.05) is 84.5 Å². The van der Waals surface area contributed by atoms with E-state index in [0.29, 0.717) is 16.5 Å². The Morgan fingerprint density at radius 1 is 0.969 bits per heavy atom. The van der Waals surface area contributed by atoms with Crippen LogP contribution in [-0.2, 0) is 0 Å². The highest BCUT2D eigenvalue weighted by Gasteiger charge is 2.14. The summed E-state index contributed by atoms with van der Waals surface area (Å²) in [6.07, 6.45) is 3.68. The topological polar surface area (TPSA) is 60.7 Å². The average Bonchev–Trinajstić information content (AvgIpc) is 3.25. The first-order valence-corrected chi connectivity index (χ1v) is 10.4. The van der Waals surface area contributed by atoms with E-state index in [4.69, 9.17) is 26.2 Å². The van der Waals surface area contributed by atoms with Crippen LogP contribution in [0, 0.1) is 6.92 Å². The molecule has 0 saturated heterocycles. The van der Waals surface area contributed by atoms with Gasteiger partial charge in [-0.15, -0.1) is 0 Å². The number of hydrogen-bond donors (Lipinski definition) is 1. The van der Waals surface area contributed by atoms with Gasteiger partial charge in [-0.25, -0.2) is 4.68 Å². The Morgan fingerprint density at radius 3 is 2.47 bits per heavy atom. The molecule has 1 heterocycles. The molecule has 0 aliphatic rings. The van der Waals surface area contributed by atoms with Gasteiger partial charge in [0.15, 0.2) is 11.5 Å². The summed E-state index contributed by atoms with van der Waals surface area (Å²) in [7, 11) is 3.23. The first-order chi connectivity index (χ1) is 15.6. The molecule has 6 nitrogen and oxygen atoms in total. The van der Waals surface area contributed by atoms with Crippen molar-refractivity contribution < 1.29 is 9.47 Å². The van der Waals surface area contributed by atoms with Crippen molar-refractivity contribution in [3.05, 3.63) is 89.1 Å². The van der Waals surface area contributed by atoms with E-state index in [-0.39, 0.29) is 0 Å². The van der Waals surface area contributed by atoms with Gasteiger partial charge in [0.2, 0.25) is 0 Å². The summed E-state index contributed by atoms with van der Waals surface area (Å²) in [6, 6.07) is 21.4. The lowest BCUT2D eigenvalue weighted by Gasteiger charge is -2.09. The number of halogens is 1. The van der Waals surface area contributed by atoms with E-state index in [2.05, 4.69) is 10.5 Å². The lowest BCUT2D eigenvalue weighted by molar-refractivity contribution is 0.355. The molecule has 4 aromatic rings. The molecule has 0 bridgehead atoms. The number of nitrogens with zero attached hydrogens (tertiary/aromatic N) is 3. The number of ether oxygens (including phenoxy) is 2. The second-order valence-corrected chi connectivity index (χ2v) is 7.52. The fourth-order valence-corrected chi connectivity index (χ4v) is 3.42. The highest BCUT2D eigenvalue weighted by molar-refractivity contribution is 6.31. The van der Waals surface area contributed by atoms with Crippen LogP contribution in [0.4, 0.5) is 5.69 Å². The van der Waals surface area contributed by atoms with Crippen LogP contribution in [0.25, 0.3) is 16.9 Å². The van der Waals surface area contributed by atoms with Gasteiger partial charge in [-0.05, 0) is 55.0 Å². The molecule has 0 saturated carbocycles. The second-order valence-electron chi connectivity index (χ2n) is 7.12. The van der Waals surface area contributed by atoms with E-state index in [1.54, 1.807) is 20.4 Å². The lowest BCUT2D eigenvalue weighted by atomic mass is 10.1. The zero-order valence-corrected chi connectivity index (χ0v) is 18.8. The molecule has 0 fully saturated rings.